The van der Waals surface area contributed by atoms with Crippen LogP contribution in [0.2, 0.25) is 0 Å². The van der Waals surface area contributed by atoms with Crippen LogP contribution < -0.4 is 25.3 Å². The normalized spacial score (nSPS) is 12.2. The van der Waals surface area contributed by atoms with Crippen molar-refractivity contribution < 1.29 is 14.2 Å². The fourth-order valence-electron chi connectivity index (χ4n) is 2.12. The molecule has 3 N–H and O–H groups in total. The smallest absolute Gasteiger partial charge is 0.231 e. The zero-order chi connectivity index (χ0) is 13.9. The van der Waals surface area contributed by atoms with Crippen LogP contribution in [-0.4, -0.2) is 13.9 Å². The monoisotopic (exact) mass is 272 g/mol. The summed E-state index contributed by atoms with van der Waals surface area (Å²) in [5.41, 5.74) is 8.57. The van der Waals surface area contributed by atoms with Gasteiger partial charge in [-0.05, 0) is 29.8 Å². The first-order valence-corrected chi connectivity index (χ1v) is 6.33. The number of fused-ring (bicyclic) bond motifs is 1. The second kappa shape index (κ2) is 5.21. The fourth-order valence-corrected chi connectivity index (χ4v) is 2.12. The van der Waals surface area contributed by atoms with E-state index in [0.717, 1.165) is 22.7 Å². The van der Waals surface area contributed by atoms with E-state index in [-0.39, 0.29) is 6.79 Å². The number of benzene rings is 2. The highest BCUT2D eigenvalue weighted by Gasteiger charge is 2.13. The van der Waals surface area contributed by atoms with Crippen LogP contribution in [0.5, 0.6) is 17.2 Å². The van der Waals surface area contributed by atoms with Crippen molar-refractivity contribution in [1.29, 1.82) is 0 Å². The molecule has 0 amide bonds. The summed E-state index contributed by atoms with van der Waals surface area (Å²) in [4.78, 5) is 0. The standard InChI is InChI=1S/C15H16N2O3/c1-18-13-4-2-3-11(15(13)16)17-8-10-5-6-12-14(7-10)20-9-19-12/h2-7,17H,8-9,16H2,1H3. The van der Waals surface area contributed by atoms with E-state index in [4.69, 9.17) is 19.9 Å². The van der Waals surface area contributed by atoms with Gasteiger partial charge in [0.2, 0.25) is 6.79 Å². The Morgan fingerprint density at radius 3 is 2.90 bits per heavy atom. The SMILES string of the molecule is COc1cccc(NCc2ccc3c(c2)OCO3)c1N. The minimum absolute atomic E-state index is 0.287. The van der Waals surface area contributed by atoms with Crippen LogP contribution in [0.4, 0.5) is 11.4 Å². The molecule has 5 nitrogen and oxygen atoms in total. The number of ether oxygens (including phenoxy) is 3. The lowest BCUT2D eigenvalue weighted by Crippen LogP contribution is -2.03. The van der Waals surface area contributed by atoms with Crippen molar-refractivity contribution in [1.82, 2.24) is 0 Å². The van der Waals surface area contributed by atoms with Crippen LogP contribution in [0.15, 0.2) is 36.4 Å². The molecule has 0 aromatic heterocycles. The van der Waals surface area contributed by atoms with E-state index in [2.05, 4.69) is 5.32 Å². The molecule has 1 aliphatic rings. The number of rotatable bonds is 4. The second-order valence-electron chi connectivity index (χ2n) is 4.46. The van der Waals surface area contributed by atoms with E-state index in [0.29, 0.717) is 18.0 Å². The number of nitrogens with one attached hydrogen (secondary N) is 1. The molecule has 5 heteroatoms. The zero-order valence-electron chi connectivity index (χ0n) is 11.2. The minimum atomic E-state index is 0.287. The first kappa shape index (κ1) is 12.5. The van der Waals surface area contributed by atoms with E-state index in [9.17, 15) is 0 Å². The molecule has 0 saturated carbocycles. The number of anilines is 2. The number of hydrogen-bond acceptors (Lipinski definition) is 5. The number of nitrogens with two attached hydrogens (primary N) is 1. The molecule has 1 aliphatic heterocycles. The van der Waals surface area contributed by atoms with Gasteiger partial charge in [0.15, 0.2) is 11.5 Å². The third-order valence-electron chi connectivity index (χ3n) is 3.21. The molecule has 1 heterocycles. The van der Waals surface area contributed by atoms with Crippen LogP contribution in [-0.2, 0) is 6.54 Å². The maximum Gasteiger partial charge on any atom is 0.231 e. The van der Waals surface area contributed by atoms with Crippen LogP contribution in [0, 0.1) is 0 Å². The van der Waals surface area contributed by atoms with Crippen molar-refractivity contribution >= 4 is 11.4 Å². The minimum Gasteiger partial charge on any atom is -0.495 e. The molecule has 3 rings (SSSR count). The summed E-state index contributed by atoms with van der Waals surface area (Å²) in [6.45, 7) is 0.934. The first-order chi connectivity index (χ1) is 9.78. The quantitative estimate of drug-likeness (QED) is 0.837. The van der Waals surface area contributed by atoms with Crippen LogP contribution in [0.1, 0.15) is 5.56 Å². The lowest BCUT2D eigenvalue weighted by Gasteiger charge is -2.12. The van der Waals surface area contributed by atoms with Crippen LogP contribution in [0.3, 0.4) is 0 Å². The van der Waals surface area contributed by atoms with Crippen molar-refractivity contribution in [2.75, 3.05) is 25.0 Å². The van der Waals surface area contributed by atoms with Gasteiger partial charge < -0.3 is 25.3 Å². The molecule has 0 unspecified atom stereocenters. The number of methoxy groups -OCH3 is 1. The molecule has 2 aromatic carbocycles. The van der Waals surface area contributed by atoms with Gasteiger partial charge in [-0.2, -0.15) is 0 Å². The molecule has 0 spiro atoms. The Hall–Kier alpha value is -2.56. The van der Waals surface area contributed by atoms with Crippen LogP contribution in [0.25, 0.3) is 0 Å². The van der Waals surface area contributed by atoms with Gasteiger partial charge in [-0.15, -0.1) is 0 Å². The van der Waals surface area contributed by atoms with Gasteiger partial charge in [0.05, 0.1) is 18.5 Å². The number of nitrogen functional groups attached to an aromatic ring is 1. The highest BCUT2D eigenvalue weighted by Crippen LogP contribution is 2.33. The van der Waals surface area contributed by atoms with Gasteiger partial charge in [-0.25, -0.2) is 0 Å². The van der Waals surface area contributed by atoms with E-state index in [1.54, 1.807) is 7.11 Å². The van der Waals surface area contributed by atoms with Crippen molar-refractivity contribution in [2.24, 2.45) is 0 Å². The lowest BCUT2D eigenvalue weighted by molar-refractivity contribution is 0.174. The molecule has 0 aliphatic carbocycles. The Morgan fingerprint density at radius 1 is 1.20 bits per heavy atom. The second-order valence-corrected chi connectivity index (χ2v) is 4.46. The Labute approximate surface area is 117 Å². The third kappa shape index (κ3) is 2.30. The van der Waals surface area contributed by atoms with Crippen molar-refractivity contribution in [2.45, 2.75) is 6.54 Å². The van der Waals surface area contributed by atoms with Gasteiger partial charge in [-0.1, -0.05) is 12.1 Å². The van der Waals surface area contributed by atoms with Crippen LogP contribution >= 0.6 is 0 Å². The topological polar surface area (TPSA) is 65.7 Å². The van der Waals surface area contributed by atoms with E-state index in [1.807, 2.05) is 36.4 Å². The van der Waals surface area contributed by atoms with Crippen molar-refractivity contribution in [3.8, 4) is 17.2 Å². The van der Waals surface area contributed by atoms with Gasteiger partial charge in [0.1, 0.15) is 5.75 Å². The summed E-state index contributed by atoms with van der Waals surface area (Å²) >= 11 is 0. The molecule has 20 heavy (non-hydrogen) atoms. The number of hydrogen-bond donors (Lipinski definition) is 2. The molecule has 0 radical (unpaired) electrons. The predicted molar refractivity (Wildman–Crippen MR) is 77.3 cm³/mol. The molecule has 0 saturated heterocycles. The molecule has 0 bridgehead atoms. The Kier molecular flexibility index (Phi) is 3.25. The maximum atomic E-state index is 6.02. The number of para-hydroxylation sites is 1. The molecule has 0 fully saturated rings. The van der Waals surface area contributed by atoms with E-state index >= 15 is 0 Å². The van der Waals surface area contributed by atoms with Crippen molar-refractivity contribution in [3.05, 3.63) is 42.0 Å². The highest BCUT2D eigenvalue weighted by molar-refractivity contribution is 5.72. The Bertz CT molecular complexity index is 629. The molecule has 104 valence electrons. The largest absolute Gasteiger partial charge is 0.495 e. The van der Waals surface area contributed by atoms with Gasteiger partial charge in [0.25, 0.3) is 0 Å². The Morgan fingerprint density at radius 2 is 2.05 bits per heavy atom. The summed E-state index contributed by atoms with van der Waals surface area (Å²) in [5.74, 6) is 2.23. The zero-order valence-corrected chi connectivity index (χ0v) is 11.2. The summed E-state index contributed by atoms with van der Waals surface area (Å²) in [5, 5.41) is 3.29. The van der Waals surface area contributed by atoms with E-state index < -0.39 is 0 Å². The summed E-state index contributed by atoms with van der Waals surface area (Å²) < 4.78 is 15.8. The maximum absolute atomic E-state index is 6.02. The Balaban J connectivity index is 1.73. The first-order valence-electron chi connectivity index (χ1n) is 6.33. The molecular formula is C15H16N2O3. The molecule has 0 atom stereocenters. The average Bonchev–Trinajstić information content (AvgIpc) is 2.93. The molecular weight excluding hydrogens is 256 g/mol. The third-order valence-corrected chi connectivity index (χ3v) is 3.21. The predicted octanol–water partition coefficient (Wildman–Crippen LogP) is 2.62. The van der Waals surface area contributed by atoms with E-state index in [1.165, 1.54) is 0 Å². The van der Waals surface area contributed by atoms with Crippen molar-refractivity contribution in [3.63, 3.8) is 0 Å². The van der Waals surface area contributed by atoms with Gasteiger partial charge in [-0.3, -0.25) is 0 Å². The lowest BCUT2D eigenvalue weighted by atomic mass is 10.2. The summed E-state index contributed by atoms with van der Waals surface area (Å²) in [7, 11) is 1.60. The van der Waals surface area contributed by atoms with Gasteiger partial charge >= 0.3 is 0 Å². The fraction of sp³-hybridized carbons (Fsp3) is 0.200. The average molecular weight is 272 g/mol. The van der Waals surface area contributed by atoms with Gasteiger partial charge in [0, 0.05) is 6.54 Å². The summed E-state index contributed by atoms with van der Waals surface area (Å²) in [6, 6.07) is 11.5. The molecule has 2 aromatic rings. The highest BCUT2D eigenvalue weighted by atomic mass is 16.7. The summed E-state index contributed by atoms with van der Waals surface area (Å²) in [6.07, 6.45) is 0.